The smallest absolute Gasteiger partial charge is 0.307 e. The molecular weight excluding hydrogens is 638 g/mol. The number of aliphatic hydroxyl groups excluding tert-OH is 1. The number of aliphatic hydroxyl groups is 2. The van der Waals surface area contributed by atoms with Gasteiger partial charge in [0.25, 0.3) is 0 Å². The van der Waals surface area contributed by atoms with Gasteiger partial charge >= 0.3 is 5.97 Å². The van der Waals surface area contributed by atoms with Gasteiger partial charge in [-0.25, -0.2) is 0 Å². The maximum absolute atomic E-state index is 13.8. The highest BCUT2D eigenvalue weighted by molar-refractivity contribution is 5.92. The van der Waals surface area contributed by atoms with Gasteiger partial charge in [0, 0.05) is 36.9 Å². The van der Waals surface area contributed by atoms with E-state index < -0.39 is 35.5 Å². The average Bonchev–Trinajstić information content (AvgIpc) is 3.35. The highest BCUT2D eigenvalue weighted by Gasteiger charge is 2.68. The second-order valence-electron chi connectivity index (χ2n) is 17.1. The molecule has 3 fully saturated rings. The SMILES string of the molecule is CC(C)(C)C#CC=CCN(CCC(=O)OCC(=O)[C@@]1(O)CCC2C3CCC4=CC(=O)CC[C@]4(C)C3[C@H](O)C[C@@]21C)Cc1cccc2ccccc12. The lowest BCUT2D eigenvalue weighted by atomic mass is 9.45. The fraction of sp³-hybridized carbons (Fsp3) is 0.568. The van der Waals surface area contributed by atoms with Crippen LogP contribution in [0.15, 0.2) is 66.3 Å². The molecule has 0 radical (unpaired) electrons. The Hall–Kier alpha value is -3.57. The lowest BCUT2D eigenvalue weighted by molar-refractivity contribution is -0.184. The molecule has 2 aromatic carbocycles. The number of carbonyl (C=O) groups is 3. The maximum Gasteiger partial charge on any atom is 0.307 e. The van der Waals surface area contributed by atoms with E-state index in [1.807, 2.05) is 43.4 Å². The molecule has 2 N–H and O–H groups in total. The monoisotopic (exact) mass is 693 g/mol. The van der Waals surface area contributed by atoms with Gasteiger partial charge in [-0.1, -0.05) is 79.8 Å². The van der Waals surface area contributed by atoms with E-state index in [0.717, 1.165) is 35.8 Å². The summed E-state index contributed by atoms with van der Waals surface area (Å²) in [7, 11) is 0. The van der Waals surface area contributed by atoms with Crippen molar-refractivity contribution in [1.29, 1.82) is 0 Å². The van der Waals surface area contributed by atoms with E-state index in [0.29, 0.717) is 45.3 Å². The molecule has 0 spiro atoms. The van der Waals surface area contributed by atoms with Gasteiger partial charge in [-0.2, -0.15) is 0 Å². The third kappa shape index (κ3) is 7.38. The van der Waals surface area contributed by atoms with Gasteiger partial charge in [-0.15, -0.1) is 0 Å². The number of benzene rings is 2. The van der Waals surface area contributed by atoms with Gasteiger partial charge in [0.1, 0.15) is 5.60 Å². The van der Waals surface area contributed by atoms with E-state index in [2.05, 4.69) is 68.7 Å². The van der Waals surface area contributed by atoms with E-state index in [1.165, 1.54) is 5.39 Å². The van der Waals surface area contributed by atoms with E-state index >= 15 is 0 Å². The van der Waals surface area contributed by atoms with Crippen molar-refractivity contribution in [3.63, 3.8) is 0 Å². The molecule has 7 atom stereocenters. The van der Waals surface area contributed by atoms with E-state index in [1.54, 1.807) is 0 Å². The summed E-state index contributed by atoms with van der Waals surface area (Å²) in [5.41, 5.74) is -0.524. The van der Waals surface area contributed by atoms with Crippen molar-refractivity contribution in [2.24, 2.45) is 34.0 Å². The predicted molar refractivity (Wildman–Crippen MR) is 199 cm³/mol. The summed E-state index contributed by atoms with van der Waals surface area (Å²) in [6, 6.07) is 14.5. The molecule has 2 aromatic rings. The molecule has 0 bridgehead atoms. The van der Waals surface area contributed by atoms with Crippen LogP contribution in [0.1, 0.15) is 91.5 Å². The third-order valence-electron chi connectivity index (χ3n) is 12.8. The minimum absolute atomic E-state index is 0.00356. The van der Waals surface area contributed by atoms with Crippen LogP contribution in [0, 0.1) is 45.8 Å². The molecule has 7 nitrogen and oxygen atoms in total. The Kier molecular flexibility index (Phi) is 10.5. The van der Waals surface area contributed by atoms with Gasteiger partial charge in [-0.3, -0.25) is 19.3 Å². The van der Waals surface area contributed by atoms with Crippen LogP contribution in [0.2, 0.25) is 0 Å². The number of ether oxygens (including phenoxy) is 1. The van der Waals surface area contributed by atoms with Gasteiger partial charge in [0.05, 0.1) is 12.5 Å². The summed E-state index contributed by atoms with van der Waals surface area (Å²) in [6.07, 6.45) is 9.24. The lowest BCUT2D eigenvalue weighted by Gasteiger charge is -2.60. The van der Waals surface area contributed by atoms with Crippen LogP contribution in [0.4, 0.5) is 0 Å². The Bertz CT molecular complexity index is 1790. The minimum Gasteiger partial charge on any atom is -0.458 e. The lowest BCUT2D eigenvalue weighted by Crippen LogP contribution is -2.62. The number of carbonyl (C=O) groups excluding carboxylic acids is 3. The van der Waals surface area contributed by atoms with Crippen LogP contribution in [-0.2, 0) is 25.7 Å². The fourth-order valence-corrected chi connectivity index (χ4v) is 10.2. The van der Waals surface area contributed by atoms with Crippen molar-refractivity contribution < 1.29 is 29.3 Å². The fourth-order valence-electron chi connectivity index (χ4n) is 10.2. The molecular formula is C44H55NO6. The second-order valence-corrected chi connectivity index (χ2v) is 17.1. The summed E-state index contributed by atoms with van der Waals surface area (Å²) < 4.78 is 5.57. The Morgan fingerprint density at radius 2 is 1.82 bits per heavy atom. The summed E-state index contributed by atoms with van der Waals surface area (Å²) in [4.78, 5) is 41.3. The van der Waals surface area contributed by atoms with Crippen LogP contribution in [0.25, 0.3) is 10.8 Å². The van der Waals surface area contributed by atoms with Gasteiger partial charge in [0.2, 0.25) is 5.78 Å². The van der Waals surface area contributed by atoms with Crippen LogP contribution in [-0.4, -0.2) is 64.1 Å². The summed E-state index contributed by atoms with van der Waals surface area (Å²) in [5.74, 6) is 5.75. The highest BCUT2D eigenvalue weighted by atomic mass is 16.5. The number of esters is 1. The third-order valence-corrected chi connectivity index (χ3v) is 12.8. The van der Waals surface area contributed by atoms with Crippen LogP contribution >= 0.6 is 0 Å². The van der Waals surface area contributed by atoms with Crippen molar-refractivity contribution in [2.45, 2.75) is 104 Å². The first-order valence-electron chi connectivity index (χ1n) is 18.8. The zero-order valence-corrected chi connectivity index (χ0v) is 31.0. The summed E-state index contributed by atoms with van der Waals surface area (Å²) in [6.45, 7) is 11.5. The molecule has 0 heterocycles. The maximum atomic E-state index is 13.8. The molecule has 4 aliphatic carbocycles. The first-order chi connectivity index (χ1) is 24.1. The first kappa shape index (κ1) is 37.2. The molecule has 0 amide bonds. The van der Waals surface area contributed by atoms with Crippen molar-refractivity contribution in [2.75, 3.05) is 19.7 Å². The molecule has 4 aliphatic rings. The molecule has 51 heavy (non-hydrogen) atoms. The standard InChI is InChI=1S/C44H55NO6/c1-41(2,3)21-9-6-10-24-45(28-31-14-11-13-30-12-7-8-15-34(30)31)25-20-39(49)51-29-38(48)44(50)23-19-36-35-17-16-32-26-33(46)18-22-42(32,4)40(35)37(47)27-43(36,44)5/h6-8,10-15,26,35-37,40,47,50H,16-20,22-25,27-29H2,1-5H3/t35?,36?,37-,40?,42+,43+,44+/m1/s1. The number of allylic oxidation sites excluding steroid dienone is 2. The topological polar surface area (TPSA) is 104 Å². The number of hydrogen-bond donors (Lipinski definition) is 2. The van der Waals surface area contributed by atoms with Gasteiger partial charge < -0.3 is 14.9 Å². The largest absolute Gasteiger partial charge is 0.458 e. The van der Waals surface area contributed by atoms with Crippen LogP contribution in [0.5, 0.6) is 0 Å². The minimum atomic E-state index is -1.68. The van der Waals surface area contributed by atoms with Crippen molar-refractivity contribution in [3.8, 4) is 11.8 Å². The van der Waals surface area contributed by atoms with Gasteiger partial charge in [0.15, 0.2) is 12.4 Å². The highest BCUT2D eigenvalue weighted by Crippen LogP contribution is 2.67. The Balaban J connectivity index is 1.09. The van der Waals surface area contributed by atoms with Crippen LogP contribution in [0.3, 0.4) is 0 Å². The van der Waals surface area contributed by atoms with Crippen molar-refractivity contribution in [3.05, 3.63) is 71.8 Å². The normalized spacial score (nSPS) is 31.8. The molecule has 0 aliphatic heterocycles. The first-order valence-corrected chi connectivity index (χ1v) is 18.8. The zero-order chi connectivity index (χ0) is 36.6. The molecule has 0 saturated heterocycles. The molecule has 272 valence electrons. The molecule has 7 heteroatoms. The average molecular weight is 694 g/mol. The van der Waals surface area contributed by atoms with E-state index in [4.69, 9.17) is 4.74 Å². The molecule has 6 rings (SSSR count). The summed E-state index contributed by atoms with van der Waals surface area (Å²) in [5, 5.41) is 26.1. The number of hydrogen-bond acceptors (Lipinski definition) is 7. The number of nitrogens with zero attached hydrogens (tertiary/aromatic N) is 1. The molecule has 3 saturated carbocycles. The van der Waals surface area contributed by atoms with Gasteiger partial charge in [-0.05, 0) is 111 Å². The Morgan fingerprint density at radius 1 is 1.06 bits per heavy atom. The number of fused-ring (bicyclic) bond motifs is 6. The second kappa shape index (κ2) is 14.5. The predicted octanol–water partition coefficient (Wildman–Crippen LogP) is 6.98. The molecule has 3 unspecified atom stereocenters. The zero-order valence-electron chi connectivity index (χ0n) is 31.0. The van der Waals surface area contributed by atoms with Crippen molar-refractivity contribution >= 4 is 28.3 Å². The van der Waals surface area contributed by atoms with Crippen LogP contribution < -0.4 is 0 Å². The van der Waals surface area contributed by atoms with E-state index in [9.17, 15) is 24.6 Å². The Morgan fingerprint density at radius 3 is 2.61 bits per heavy atom. The Labute approximate surface area is 303 Å². The van der Waals surface area contributed by atoms with Crippen molar-refractivity contribution in [1.82, 2.24) is 4.90 Å². The number of rotatable bonds is 10. The quantitative estimate of drug-likeness (QED) is 0.204. The number of ketones is 2. The summed E-state index contributed by atoms with van der Waals surface area (Å²) >= 11 is 0. The van der Waals surface area contributed by atoms with E-state index in [-0.39, 0.29) is 40.8 Å². The molecule has 0 aromatic heterocycles. The number of Topliss-reactive ketones (excluding diaryl/α,β-unsaturated/α-hetero) is 1.